The summed E-state index contributed by atoms with van der Waals surface area (Å²) in [7, 11) is 0. The highest BCUT2D eigenvalue weighted by atomic mass is 35.5. The van der Waals surface area contributed by atoms with E-state index in [0.717, 1.165) is 0 Å². The van der Waals surface area contributed by atoms with E-state index in [1.54, 1.807) is 31.2 Å². The highest BCUT2D eigenvalue weighted by Crippen LogP contribution is 2.34. The summed E-state index contributed by atoms with van der Waals surface area (Å²) in [5.41, 5.74) is 1.10. The van der Waals surface area contributed by atoms with E-state index in [1.807, 2.05) is 6.07 Å². The van der Waals surface area contributed by atoms with Gasteiger partial charge in [-0.15, -0.1) is 0 Å². The maximum atomic E-state index is 8.65. The molecule has 1 heterocycles. The molecule has 2 aromatic rings. The molecule has 1 aromatic heterocycles. The second-order valence-corrected chi connectivity index (χ2v) is 4.24. The van der Waals surface area contributed by atoms with Gasteiger partial charge >= 0.3 is 0 Å². The van der Waals surface area contributed by atoms with Crippen LogP contribution in [-0.2, 0) is 0 Å². The molecule has 0 spiro atoms. The number of rotatable bonds is 2. The van der Waals surface area contributed by atoms with E-state index in [0.29, 0.717) is 32.8 Å². The average molecular weight is 270 g/mol. The van der Waals surface area contributed by atoms with Crippen LogP contribution in [0.4, 0.5) is 0 Å². The molecule has 0 saturated heterocycles. The normalized spacial score (nSPS) is 11.8. The summed E-state index contributed by atoms with van der Waals surface area (Å²) in [4.78, 5) is 0. The van der Waals surface area contributed by atoms with Crippen molar-refractivity contribution in [2.24, 2.45) is 5.16 Å². The second kappa shape index (κ2) is 4.82. The molecular weight excluding hydrogens is 261 g/mol. The Kier molecular flexibility index (Phi) is 3.41. The van der Waals surface area contributed by atoms with Crippen molar-refractivity contribution < 1.29 is 9.62 Å². The molecule has 5 heteroatoms. The van der Waals surface area contributed by atoms with Crippen molar-refractivity contribution in [3.05, 3.63) is 46.1 Å². The second-order valence-electron chi connectivity index (χ2n) is 3.45. The van der Waals surface area contributed by atoms with Crippen LogP contribution in [0, 0.1) is 0 Å². The highest BCUT2D eigenvalue weighted by Gasteiger charge is 2.12. The Hall–Kier alpha value is -1.45. The molecule has 0 atom stereocenters. The molecule has 1 aromatic carbocycles. The van der Waals surface area contributed by atoms with Gasteiger partial charge in [0.05, 0.1) is 10.0 Å². The van der Waals surface area contributed by atoms with E-state index in [4.69, 9.17) is 32.8 Å². The van der Waals surface area contributed by atoms with Gasteiger partial charge in [0.2, 0.25) is 0 Å². The first-order chi connectivity index (χ1) is 8.13. The molecule has 88 valence electrons. The average Bonchev–Trinajstić information content (AvgIpc) is 2.81. The molecule has 0 fully saturated rings. The monoisotopic (exact) mass is 269 g/mol. The van der Waals surface area contributed by atoms with Crippen LogP contribution in [0.25, 0.3) is 11.3 Å². The number of halogens is 2. The summed E-state index contributed by atoms with van der Waals surface area (Å²) in [5.74, 6) is 1.06. The molecule has 2 rings (SSSR count). The Labute approximate surface area is 108 Å². The third kappa shape index (κ3) is 2.30. The van der Waals surface area contributed by atoms with Crippen LogP contribution in [-0.4, -0.2) is 10.9 Å². The van der Waals surface area contributed by atoms with Crippen molar-refractivity contribution in [3.63, 3.8) is 0 Å². The van der Waals surface area contributed by atoms with Crippen molar-refractivity contribution in [2.75, 3.05) is 0 Å². The van der Waals surface area contributed by atoms with Crippen molar-refractivity contribution in [2.45, 2.75) is 6.92 Å². The van der Waals surface area contributed by atoms with Crippen LogP contribution in [0.1, 0.15) is 12.7 Å². The summed E-state index contributed by atoms with van der Waals surface area (Å²) in [6.45, 7) is 1.64. The molecular formula is C12H9Cl2NO2. The zero-order valence-corrected chi connectivity index (χ0v) is 10.5. The summed E-state index contributed by atoms with van der Waals surface area (Å²) >= 11 is 12.0. The van der Waals surface area contributed by atoms with Gasteiger partial charge in [0.15, 0.2) is 5.76 Å². The Morgan fingerprint density at radius 3 is 2.71 bits per heavy atom. The first-order valence-electron chi connectivity index (χ1n) is 4.86. The zero-order valence-electron chi connectivity index (χ0n) is 8.95. The maximum absolute atomic E-state index is 8.65. The van der Waals surface area contributed by atoms with Gasteiger partial charge in [-0.25, -0.2) is 0 Å². The molecule has 0 aliphatic rings. The first kappa shape index (κ1) is 12.0. The largest absolute Gasteiger partial charge is 0.455 e. The maximum Gasteiger partial charge on any atom is 0.152 e. The first-order valence-corrected chi connectivity index (χ1v) is 5.62. The van der Waals surface area contributed by atoms with Crippen LogP contribution in [0.2, 0.25) is 10.0 Å². The summed E-state index contributed by atoms with van der Waals surface area (Å²) in [6, 6.07) is 8.77. The van der Waals surface area contributed by atoms with Crippen LogP contribution in [0.5, 0.6) is 0 Å². The van der Waals surface area contributed by atoms with Crippen molar-refractivity contribution in [1.82, 2.24) is 0 Å². The molecule has 0 aliphatic carbocycles. The molecule has 0 amide bonds. The fraction of sp³-hybridized carbons (Fsp3) is 0.0833. The predicted molar refractivity (Wildman–Crippen MR) is 68.2 cm³/mol. The highest BCUT2D eigenvalue weighted by molar-refractivity contribution is 6.43. The van der Waals surface area contributed by atoms with E-state index < -0.39 is 0 Å². The number of furan rings is 1. The lowest BCUT2D eigenvalue weighted by Crippen LogP contribution is -1.90. The van der Waals surface area contributed by atoms with E-state index in [-0.39, 0.29) is 0 Å². The minimum atomic E-state index is 0.398. The molecule has 17 heavy (non-hydrogen) atoms. The van der Waals surface area contributed by atoms with Crippen LogP contribution < -0.4 is 0 Å². The lowest BCUT2D eigenvalue weighted by molar-refractivity contribution is 0.317. The van der Waals surface area contributed by atoms with Gasteiger partial charge in [0, 0.05) is 5.56 Å². The number of nitrogens with zero attached hydrogens (tertiary/aromatic N) is 1. The van der Waals surface area contributed by atoms with E-state index in [1.165, 1.54) is 0 Å². The lowest BCUT2D eigenvalue weighted by atomic mass is 10.2. The Morgan fingerprint density at radius 2 is 2.00 bits per heavy atom. The summed E-state index contributed by atoms with van der Waals surface area (Å²) in [6.07, 6.45) is 0. The van der Waals surface area contributed by atoms with Gasteiger partial charge < -0.3 is 9.62 Å². The number of hydrogen-bond donors (Lipinski definition) is 1. The van der Waals surface area contributed by atoms with E-state index in [9.17, 15) is 0 Å². The summed E-state index contributed by atoms with van der Waals surface area (Å²) in [5, 5.41) is 12.6. The number of oxime groups is 1. The fourth-order valence-electron chi connectivity index (χ4n) is 1.42. The van der Waals surface area contributed by atoms with Gasteiger partial charge in [-0.1, -0.05) is 34.4 Å². The van der Waals surface area contributed by atoms with Crippen LogP contribution >= 0.6 is 23.2 Å². The quantitative estimate of drug-likeness (QED) is 0.497. The molecule has 3 nitrogen and oxygen atoms in total. The predicted octanol–water partition coefficient (Wildman–Crippen LogP) is 4.45. The molecule has 0 bridgehead atoms. The molecule has 0 unspecified atom stereocenters. The minimum absolute atomic E-state index is 0.398. The standard InChI is InChI=1S/C12H9Cl2NO2/c1-7(15-16)10-5-6-11(17-10)8-3-2-4-9(13)12(8)14/h2-6,16H,1H3/b15-7+. The van der Waals surface area contributed by atoms with Gasteiger partial charge in [-0.2, -0.15) is 0 Å². The number of benzene rings is 1. The Morgan fingerprint density at radius 1 is 1.24 bits per heavy atom. The van der Waals surface area contributed by atoms with E-state index in [2.05, 4.69) is 5.16 Å². The molecule has 0 aliphatic heterocycles. The topological polar surface area (TPSA) is 45.7 Å². The minimum Gasteiger partial charge on any atom is -0.455 e. The smallest absolute Gasteiger partial charge is 0.152 e. The Balaban J connectivity index is 2.48. The third-order valence-corrected chi connectivity index (χ3v) is 3.15. The van der Waals surface area contributed by atoms with Crippen LogP contribution in [0.3, 0.4) is 0 Å². The molecule has 1 N–H and O–H groups in total. The number of hydrogen-bond acceptors (Lipinski definition) is 3. The SMILES string of the molecule is C/C(=N\O)c1ccc(-c2cccc(Cl)c2Cl)o1. The van der Waals surface area contributed by atoms with Gasteiger partial charge in [-0.05, 0) is 31.2 Å². The third-order valence-electron chi connectivity index (χ3n) is 2.33. The summed E-state index contributed by atoms with van der Waals surface area (Å²) < 4.78 is 5.52. The van der Waals surface area contributed by atoms with Crippen molar-refractivity contribution in [3.8, 4) is 11.3 Å². The lowest BCUT2D eigenvalue weighted by Gasteiger charge is -2.02. The molecule has 0 saturated carbocycles. The fourth-order valence-corrected chi connectivity index (χ4v) is 1.81. The molecule has 0 radical (unpaired) electrons. The van der Waals surface area contributed by atoms with Gasteiger partial charge in [0.25, 0.3) is 0 Å². The van der Waals surface area contributed by atoms with Gasteiger partial charge in [-0.3, -0.25) is 0 Å². The van der Waals surface area contributed by atoms with Gasteiger partial charge in [0.1, 0.15) is 11.5 Å². The zero-order chi connectivity index (χ0) is 12.4. The Bertz CT molecular complexity index is 576. The van der Waals surface area contributed by atoms with Crippen LogP contribution in [0.15, 0.2) is 39.9 Å². The van der Waals surface area contributed by atoms with Crippen molar-refractivity contribution in [1.29, 1.82) is 0 Å². The van der Waals surface area contributed by atoms with E-state index >= 15 is 0 Å². The van der Waals surface area contributed by atoms with Crippen molar-refractivity contribution >= 4 is 28.9 Å².